The standard InChI is InChI=1S/C18H19NO5S/c1-10-8-13(11(2)25-10)15(20)6-7-17(21)19-14-5-4-12(18(22)23)9-16(14)24-3/h4-5,8-9H,6-7H2,1-3H3,(H,19,21)(H,22,23). The van der Waals surface area contributed by atoms with Crippen molar-refractivity contribution in [1.82, 2.24) is 0 Å². The number of ketones is 1. The molecule has 2 N–H and O–H groups in total. The van der Waals surface area contributed by atoms with Gasteiger partial charge in [0.15, 0.2) is 5.78 Å². The van der Waals surface area contributed by atoms with Gasteiger partial charge in [-0.05, 0) is 38.1 Å². The van der Waals surface area contributed by atoms with Gasteiger partial charge in [0.2, 0.25) is 5.91 Å². The van der Waals surface area contributed by atoms with Gasteiger partial charge in [-0.2, -0.15) is 0 Å². The lowest BCUT2D eigenvalue weighted by Gasteiger charge is -2.10. The van der Waals surface area contributed by atoms with Crippen LogP contribution in [0.15, 0.2) is 24.3 Å². The van der Waals surface area contributed by atoms with E-state index in [1.54, 1.807) is 11.3 Å². The highest BCUT2D eigenvalue weighted by atomic mass is 32.1. The number of aromatic carboxylic acids is 1. The van der Waals surface area contributed by atoms with Crippen LogP contribution in [0.3, 0.4) is 0 Å². The van der Waals surface area contributed by atoms with E-state index >= 15 is 0 Å². The third-order valence-corrected chi connectivity index (χ3v) is 4.61. The number of rotatable bonds is 7. The summed E-state index contributed by atoms with van der Waals surface area (Å²) in [6.07, 6.45) is 0.148. The minimum absolute atomic E-state index is 0.0387. The average molecular weight is 361 g/mol. The number of thiophene rings is 1. The van der Waals surface area contributed by atoms with Crippen molar-refractivity contribution >= 4 is 34.7 Å². The van der Waals surface area contributed by atoms with Crippen LogP contribution in [0.4, 0.5) is 5.69 Å². The van der Waals surface area contributed by atoms with Crippen molar-refractivity contribution in [2.45, 2.75) is 26.7 Å². The summed E-state index contributed by atoms with van der Waals surface area (Å²) in [6, 6.07) is 6.02. The van der Waals surface area contributed by atoms with Crippen LogP contribution in [-0.2, 0) is 4.79 Å². The Morgan fingerprint density at radius 1 is 1.16 bits per heavy atom. The van der Waals surface area contributed by atoms with Crippen LogP contribution in [0.5, 0.6) is 5.75 Å². The molecule has 0 saturated carbocycles. The van der Waals surface area contributed by atoms with E-state index in [1.165, 1.54) is 25.3 Å². The SMILES string of the molecule is COc1cc(C(=O)O)ccc1NC(=O)CCC(=O)c1cc(C)sc1C. The molecule has 2 rings (SSSR count). The number of ether oxygens (including phenoxy) is 1. The number of methoxy groups -OCH3 is 1. The molecule has 0 aliphatic heterocycles. The lowest BCUT2D eigenvalue weighted by molar-refractivity contribution is -0.116. The Kier molecular flexibility index (Phi) is 5.93. The van der Waals surface area contributed by atoms with Gasteiger partial charge in [-0.25, -0.2) is 4.79 Å². The number of benzene rings is 1. The third-order valence-electron chi connectivity index (χ3n) is 3.64. The molecule has 1 aromatic heterocycles. The number of hydrogen-bond acceptors (Lipinski definition) is 5. The molecule has 1 heterocycles. The first kappa shape index (κ1) is 18.7. The summed E-state index contributed by atoms with van der Waals surface area (Å²) in [5.41, 5.74) is 1.10. The van der Waals surface area contributed by atoms with Gasteiger partial charge in [-0.1, -0.05) is 0 Å². The average Bonchev–Trinajstić information content (AvgIpc) is 2.91. The zero-order valence-corrected chi connectivity index (χ0v) is 15.0. The molecule has 6 nitrogen and oxygen atoms in total. The van der Waals surface area contributed by atoms with E-state index in [0.29, 0.717) is 11.3 Å². The van der Waals surface area contributed by atoms with Crippen LogP contribution >= 0.6 is 11.3 Å². The molecule has 0 unspecified atom stereocenters. The lowest BCUT2D eigenvalue weighted by atomic mass is 10.1. The Balaban J connectivity index is 1.99. The number of carboxylic acid groups (broad SMARTS) is 1. The number of amides is 1. The molecular weight excluding hydrogens is 342 g/mol. The van der Waals surface area contributed by atoms with Gasteiger partial charge in [-0.3, -0.25) is 9.59 Å². The Morgan fingerprint density at radius 3 is 2.44 bits per heavy atom. The van der Waals surface area contributed by atoms with Gasteiger partial charge in [0.1, 0.15) is 5.75 Å². The Bertz CT molecular complexity index is 825. The number of aryl methyl sites for hydroxylation is 2. The summed E-state index contributed by atoms with van der Waals surface area (Å²) < 4.78 is 5.11. The van der Waals surface area contributed by atoms with Crippen LogP contribution < -0.4 is 10.1 Å². The van der Waals surface area contributed by atoms with Crippen molar-refractivity contribution in [3.8, 4) is 5.75 Å². The minimum Gasteiger partial charge on any atom is -0.495 e. The van der Waals surface area contributed by atoms with Crippen LogP contribution in [0.1, 0.15) is 43.3 Å². The Morgan fingerprint density at radius 2 is 1.88 bits per heavy atom. The first-order valence-corrected chi connectivity index (χ1v) is 8.45. The maximum absolute atomic E-state index is 12.2. The summed E-state index contributed by atoms with van der Waals surface area (Å²) in [5, 5.41) is 11.6. The topological polar surface area (TPSA) is 92.7 Å². The third kappa shape index (κ3) is 4.67. The molecule has 1 aromatic carbocycles. The molecule has 0 saturated heterocycles. The smallest absolute Gasteiger partial charge is 0.335 e. The van der Waals surface area contributed by atoms with Crippen molar-refractivity contribution in [3.05, 3.63) is 45.1 Å². The van der Waals surface area contributed by atoms with Crippen LogP contribution in [0, 0.1) is 13.8 Å². The molecule has 0 aliphatic rings. The van der Waals surface area contributed by atoms with E-state index < -0.39 is 5.97 Å². The number of nitrogens with one attached hydrogen (secondary N) is 1. The van der Waals surface area contributed by atoms with Gasteiger partial charge in [0.25, 0.3) is 0 Å². The van der Waals surface area contributed by atoms with Crippen molar-refractivity contribution in [2.75, 3.05) is 12.4 Å². The molecule has 0 bridgehead atoms. The van der Waals surface area contributed by atoms with E-state index in [4.69, 9.17) is 9.84 Å². The summed E-state index contributed by atoms with van der Waals surface area (Å²) in [7, 11) is 1.39. The van der Waals surface area contributed by atoms with Crippen LogP contribution in [-0.4, -0.2) is 29.9 Å². The maximum atomic E-state index is 12.2. The number of hydrogen-bond donors (Lipinski definition) is 2. The number of carbonyl (C=O) groups excluding carboxylic acids is 2. The van der Waals surface area contributed by atoms with Gasteiger partial charge < -0.3 is 15.2 Å². The second kappa shape index (κ2) is 7.94. The van der Waals surface area contributed by atoms with Crippen molar-refractivity contribution in [2.24, 2.45) is 0 Å². The van der Waals surface area contributed by atoms with E-state index in [2.05, 4.69) is 5.32 Å². The second-order valence-corrected chi connectivity index (χ2v) is 6.98. The largest absolute Gasteiger partial charge is 0.495 e. The Labute approximate surface area is 149 Å². The summed E-state index contributed by atoms with van der Waals surface area (Å²) >= 11 is 1.56. The minimum atomic E-state index is -1.08. The van der Waals surface area contributed by atoms with E-state index in [-0.39, 0.29) is 35.8 Å². The molecule has 0 atom stereocenters. The number of anilines is 1. The predicted octanol–water partition coefficient (Wildman–Crippen LogP) is 3.67. The fourth-order valence-electron chi connectivity index (χ4n) is 2.41. The van der Waals surface area contributed by atoms with E-state index in [9.17, 15) is 14.4 Å². The maximum Gasteiger partial charge on any atom is 0.335 e. The number of carbonyl (C=O) groups is 3. The molecule has 0 fully saturated rings. The molecule has 2 aromatic rings. The number of carboxylic acids is 1. The van der Waals surface area contributed by atoms with Gasteiger partial charge >= 0.3 is 5.97 Å². The molecular formula is C18H19NO5S. The summed E-state index contributed by atoms with van der Waals surface area (Å²) in [5.74, 6) is -1.23. The molecule has 0 spiro atoms. The van der Waals surface area contributed by atoms with E-state index in [0.717, 1.165) is 9.75 Å². The molecule has 7 heteroatoms. The highest BCUT2D eigenvalue weighted by Crippen LogP contribution is 2.26. The van der Waals surface area contributed by atoms with Crippen molar-refractivity contribution < 1.29 is 24.2 Å². The van der Waals surface area contributed by atoms with Crippen LogP contribution in [0.25, 0.3) is 0 Å². The fraction of sp³-hybridized carbons (Fsp3) is 0.278. The lowest BCUT2D eigenvalue weighted by Crippen LogP contribution is -2.14. The monoisotopic (exact) mass is 361 g/mol. The molecule has 0 radical (unpaired) electrons. The number of Topliss-reactive ketones (excluding diaryl/α,β-unsaturated/α-hetero) is 1. The van der Waals surface area contributed by atoms with E-state index in [1.807, 2.05) is 19.9 Å². The predicted molar refractivity (Wildman–Crippen MR) is 95.9 cm³/mol. The molecule has 25 heavy (non-hydrogen) atoms. The van der Waals surface area contributed by atoms with Gasteiger partial charge in [0.05, 0.1) is 18.4 Å². The Hall–Kier alpha value is -2.67. The normalized spacial score (nSPS) is 10.4. The molecule has 1 amide bonds. The summed E-state index contributed by atoms with van der Waals surface area (Å²) in [4.78, 5) is 37.3. The first-order valence-electron chi connectivity index (χ1n) is 7.63. The second-order valence-electron chi connectivity index (χ2n) is 5.52. The first-order chi connectivity index (χ1) is 11.8. The highest BCUT2D eigenvalue weighted by Gasteiger charge is 2.15. The fourth-order valence-corrected chi connectivity index (χ4v) is 3.35. The van der Waals surface area contributed by atoms with Crippen molar-refractivity contribution in [1.29, 1.82) is 0 Å². The van der Waals surface area contributed by atoms with Crippen molar-refractivity contribution in [3.63, 3.8) is 0 Å². The zero-order valence-electron chi connectivity index (χ0n) is 14.2. The highest BCUT2D eigenvalue weighted by molar-refractivity contribution is 7.12. The quantitative estimate of drug-likeness (QED) is 0.734. The molecule has 0 aliphatic carbocycles. The van der Waals surface area contributed by atoms with Gasteiger partial charge in [-0.15, -0.1) is 11.3 Å². The molecule has 132 valence electrons. The van der Waals surface area contributed by atoms with Crippen LogP contribution in [0.2, 0.25) is 0 Å². The van der Waals surface area contributed by atoms with Gasteiger partial charge in [0, 0.05) is 28.2 Å². The summed E-state index contributed by atoms with van der Waals surface area (Å²) in [6.45, 7) is 3.83. The zero-order chi connectivity index (χ0) is 18.6.